The molecule has 2 N–H and O–H groups in total. The molecule has 0 radical (unpaired) electrons. The maximum absolute atomic E-state index is 10.2. The van der Waals surface area contributed by atoms with E-state index in [-0.39, 0.29) is 6.04 Å². The van der Waals surface area contributed by atoms with Gasteiger partial charge in [-0.3, -0.25) is 5.10 Å². The molecule has 0 amide bonds. The van der Waals surface area contributed by atoms with Gasteiger partial charge < -0.3 is 10.0 Å². The van der Waals surface area contributed by atoms with Crippen LogP contribution in [0.2, 0.25) is 0 Å². The van der Waals surface area contributed by atoms with Gasteiger partial charge in [0.15, 0.2) is 0 Å². The van der Waals surface area contributed by atoms with Crippen LogP contribution in [0.5, 0.6) is 0 Å². The summed E-state index contributed by atoms with van der Waals surface area (Å²) in [5, 5.41) is 16.8. The highest BCUT2D eigenvalue weighted by molar-refractivity contribution is 5.09. The van der Waals surface area contributed by atoms with E-state index < -0.39 is 6.10 Å². The van der Waals surface area contributed by atoms with Crippen LogP contribution in [0.1, 0.15) is 31.9 Å². The standard InChI is InChI=1S/C11H21N3O/c1-8(2)5-10(14(3)4)11(15)9-6-12-13-7-9/h6-8,10-11,15H,5H2,1-4H3,(H,12,13)/t10?,11-/m1/s1. The van der Waals surface area contributed by atoms with E-state index in [9.17, 15) is 5.11 Å². The molecule has 0 saturated carbocycles. The maximum Gasteiger partial charge on any atom is 0.0975 e. The fourth-order valence-electron chi connectivity index (χ4n) is 1.75. The maximum atomic E-state index is 10.2. The lowest BCUT2D eigenvalue weighted by molar-refractivity contribution is 0.0634. The first-order valence-corrected chi connectivity index (χ1v) is 5.35. The van der Waals surface area contributed by atoms with E-state index in [1.807, 2.05) is 14.1 Å². The lowest BCUT2D eigenvalue weighted by atomic mass is 9.95. The summed E-state index contributed by atoms with van der Waals surface area (Å²) in [7, 11) is 3.99. The Bertz CT molecular complexity index is 269. The molecular formula is C11H21N3O. The minimum absolute atomic E-state index is 0.141. The molecule has 1 unspecified atom stereocenters. The van der Waals surface area contributed by atoms with Gasteiger partial charge in [-0.1, -0.05) is 13.8 Å². The van der Waals surface area contributed by atoms with Gasteiger partial charge in [-0.2, -0.15) is 5.10 Å². The van der Waals surface area contributed by atoms with Crippen LogP contribution in [0.4, 0.5) is 0 Å². The van der Waals surface area contributed by atoms with Crippen LogP contribution in [0.15, 0.2) is 12.4 Å². The third kappa shape index (κ3) is 3.32. The number of nitrogens with one attached hydrogen (secondary N) is 1. The van der Waals surface area contributed by atoms with Crippen molar-refractivity contribution < 1.29 is 5.11 Å². The quantitative estimate of drug-likeness (QED) is 0.774. The molecule has 0 aliphatic carbocycles. The zero-order chi connectivity index (χ0) is 11.4. The van der Waals surface area contributed by atoms with E-state index in [2.05, 4.69) is 28.9 Å². The summed E-state index contributed by atoms with van der Waals surface area (Å²) in [6.07, 6.45) is 3.93. The molecule has 2 atom stereocenters. The molecule has 86 valence electrons. The molecule has 0 aliphatic heterocycles. The molecule has 0 aromatic carbocycles. The number of aromatic nitrogens is 2. The number of hydrogen-bond acceptors (Lipinski definition) is 3. The van der Waals surface area contributed by atoms with Crippen molar-refractivity contribution in [1.82, 2.24) is 15.1 Å². The molecule has 4 heteroatoms. The largest absolute Gasteiger partial charge is 0.387 e. The molecule has 0 fully saturated rings. The van der Waals surface area contributed by atoms with Gasteiger partial charge in [-0.25, -0.2) is 0 Å². The van der Waals surface area contributed by atoms with Crippen molar-refractivity contribution in [3.05, 3.63) is 18.0 Å². The highest BCUT2D eigenvalue weighted by Gasteiger charge is 2.24. The van der Waals surface area contributed by atoms with Crippen LogP contribution >= 0.6 is 0 Å². The van der Waals surface area contributed by atoms with Crippen molar-refractivity contribution in [2.24, 2.45) is 5.92 Å². The Hall–Kier alpha value is -0.870. The number of aliphatic hydroxyl groups is 1. The highest BCUT2D eigenvalue weighted by Crippen LogP contribution is 2.23. The average molecular weight is 211 g/mol. The second kappa shape index (κ2) is 5.28. The minimum Gasteiger partial charge on any atom is -0.387 e. The second-order valence-electron chi connectivity index (χ2n) is 4.64. The van der Waals surface area contributed by atoms with Crippen molar-refractivity contribution in [3.8, 4) is 0 Å². The summed E-state index contributed by atoms with van der Waals surface area (Å²) in [5.41, 5.74) is 0.856. The van der Waals surface area contributed by atoms with E-state index in [0.29, 0.717) is 5.92 Å². The van der Waals surface area contributed by atoms with Crippen LogP contribution in [0, 0.1) is 5.92 Å². The second-order valence-corrected chi connectivity index (χ2v) is 4.64. The molecular weight excluding hydrogens is 190 g/mol. The fraction of sp³-hybridized carbons (Fsp3) is 0.727. The predicted octanol–water partition coefficient (Wildman–Crippen LogP) is 1.42. The van der Waals surface area contributed by atoms with Crippen molar-refractivity contribution in [2.75, 3.05) is 14.1 Å². The molecule has 1 aromatic rings. The summed E-state index contributed by atoms with van der Waals surface area (Å²) in [6.45, 7) is 4.33. The van der Waals surface area contributed by atoms with Crippen molar-refractivity contribution in [1.29, 1.82) is 0 Å². The number of aliphatic hydroxyl groups excluding tert-OH is 1. The third-order valence-corrected chi connectivity index (χ3v) is 2.60. The normalized spacial score (nSPS) is 15.9. The zero-order valence-corrected chi connectivity index (χ0v) is 9.94. The Labute approximate surface area is 91.3 Å². The molecule has 0 aliphatic rings. The van der Waals surface area contributed by atoms with Gasteiger partial charge in [0, 0.05) is 17.8 Å². The molecule has 4 nitrogen and oxygen atoms in total. The smallest absolute Gasteiger partial charge is 0.0975 e. The Kier molecular flexibility index (Phi) is 4.29. The molecule has 1 rings (SSSR count). The van der Waals surface area contributed by atoms with E-state index in [1.54, 1.807) is 12.4 Å². The summed E-state index contributed by atoms with van der Waals surface area (Å²) in [4.78, 5) is 2.07. The van der Waals surface area contributed by atoms with Gasteiger partial charge in [-0.15, -0.1) is 0 Å². The first-order valence-electron chi connectivity index (χ1n) is 5.35. The van der Waals surface area contributed by atoms with Gasteiger partial charge in [0.25, 0.3) is 0 Å². The predicted molar refractivity (Wildman–Crippen MR) is 60.5 cm³/mol. The SMILES string of the molecule is CC(C)CC([C@H](O)c1cn[nH]c1)N(C)C. The van der Waals surface area contributed by atoms with Crippen molar-refractivity contribution >= 4 is 0 Å². The van der Waals surface area contributed by atoms with Gasteiger partial charge in [-0.05, 0) is 26.4 Å². The molecule has 1 aromatic heterocycles. The Balaban J connectivity index is 2.71. The van der Waals surface area contributed by atoms with E-state index in [0.717, 1.165) is 12.0 Å². The van der Waals surface area contributed by atoms with Crippen LogP contribution in [-0.4, -0.2) is 40.3 Å². The van der Waals surface area contributed by atoms with Crippen molar-refractivity contribution in [2.45, 2.75) is 32.4 Å². The summed E-state index contributed by atoms with van der Waals surface area (Å²) in [5.74, 6) is 0.568. The summed E-state index contributed by atoms with van der Waals surface area (Å²) >= 11 is 0. The van der Waals surface area contributed by atoms with Crippen molar-refractivity contribution in [3.63, 3.8) is 0 Å². The van der Waals surface area contributed by atoms with Gasteiger partial charge in [0.1, 0.15) is 0 Å². The first-order chi connectivity index (χ1) is 7.02. The van der Waals surface area contributed by atoms with Crippen LogP contribution in [-0.2, 0) is 0 Å². The zero-order valence-electron chi connectivity index (χ0n) is 9.94. The molecule has 0 saturated heterocycles. The van der Waals surface area contributed by atoms with Crippen LogP contribution in [0.25, 0.3) is 0 Å². The number of nitrogens with zero attached hydrogens (tertiary/aromatic N) is 2. The number of hydrogen-bond donors (Lipinski definition) is 2. The number of likely N-dealkylation sites (N-methyl/N-ethyl adjacent to an activating group) is 1. The average Bonchev–Trinajstić information content (AvgIpc) is 2.65. The molecule has 0 spiro atoms. The first kappa shape index (κ1) is 12.2. The Morgan fingerprint density at radius 2 is 2.13 bits per heavy atom. The minimum atomic E-state index is -0.471. The Morgan fingerprint density at radius 1 is 1.47 bits per heavy atom. The van der Waals surface area contributed by atoms with Crippen LogP contribution in [0.3, 0.4) is 0 Å². The molecule has 0 bridgehead atoms. The monoisotopic (exact) mass is 211 g/mol. The van der Waals surface area contributed by atoms with Gasteiger partial charge in [0.2, 0.25) is 0 Å². The highest BCUT2D eigenvalue weighted by atomic mass is 16.3. The number of aromatic amines is 1. The van der Waals surface area contributed by atoms with E-state index in [1.165, 1.54) is 0 Å². The molecule has 1 heterocycles. The number of H-pyrrole nitrogens is 1. The van der Waals surface area contributed by atoms with Gasteiger partial charge >= 0.3 is 0 Å². The summed E-state index contributed by atoms with van der Waals surface area (Å²) in [6, 6.07) is 0.141. The Morgan fingerprint density at radius 3 is 2.53 bits per heavy atom. The molecule has 15 heavy (non-hydrogen) atoms. The van der Waals surface area contributed by atoms with Crippen LogP contribution < -0.4 is 0 Å². The van der Waals surface area contributed by atoms with E-state index in [4.69, 9.17) is 0 Å². The third-order valence-electron chi connectivity index (χ3n) is 2.60. The summed E-state index contributed by atoms with van der Waals surface area (Å²) < 4.78 is 0. The topological polar surface area (TPSA) is 52.2 Å². The number of rotatable bonds is 5. The van der Waals surface area contributed by atoms with Gasteiger partial charge in [0.05, 0.1) is 12.3 Å². The lowest BCUT2D eigenvalue weighted by Crippen LogP contribution is -2.35. The lowest BCUT2D eigenvalue weighted by Gasteiger charge is -2.29. The fourth-order valence-corrected chi connectivity index (χ4v) is 1.75. The van der Waals surface area contributed by atoms with E-state index >= 15 is 0 Å².